The summed E-state index contributed by atoms with van der Waals surface area (Å²) in [6.45, 7) is 0.266. The molecule has 3 heterocycles. The zero-order chi connectivity index (χ0) is 13.9. The third kappa shape index (κ3) is 2.26. The van der Waals surface area contributed by atoms with Crippen LogP contribution in [0, 0.1) is 0 Å². The van der Waals surface area contributed by atoms with E-state index in [1.807, 2.05) is 6.07 Å². The Morgan fingerprint density at radius 3 is 3.05 bits per heavy atom. The molecule has 0 unspecified atom stereocenters. The van der Waals surface area contributed by atoms with Gasteiger partial charge in [0.1, 0.15) is 5.69 Å². The van der Waals surface area contributed by atoms with Crippen LogP contribution in [0.15, 0.2) is 35.5 Å². The molecule has 8 heteroatoms. The van der Waals surface area contributed by atoms with E-state index in [-0.39, 0.29) is 23.7 Å². The van der Waals surface area contributed by atoms with Gasteiger partial charge in [-0.3, -0.25) is 14.7 Å². The van der Waals surface area contributed by atoms with E-state index in [1.54, 1.807) is 12.3 Å². The molecule has 0 radical (unpaired) electrons. The first-order valence-electron chi connectivity index (χ1n) is 5.85. The third-order valence-electron chi connectivity index (χ3n) is 2.74. The molecular formula is C12H10N6O2. The smallest absolute Gasteiger partial charge is 0.271 e. The van der Waals surface area contributed by atoms with Gasteiger partial charge in [0.15, 0.2) is 5.65 Å². The molecule has 1 amide bonds. The van der Waals surface area contributed by atoms with Gasteiger partial charge in [-0.05, 0) is 12.1 Å². The van der Waals surface area contributed by atoms with E-state index in [0.717, 1.165) is 17.3 Å². The number of carbonyl (C=O) groups excluding carboxylic acids is 1. The molecule has 100 valence electrons. The van der Waals surface area contributed by atoms with Crippen LogP contribution in [0.1, 0.15) is 16.2 Å². The number of H-pyrrole nitrogens is 2. The number of aromatic amines is 2. The number of amides is 1. The van der Waals surface area contributed by atoms with Crippen molar-refractivity contribution in [3.05, 3.63) is 52.5 Å². The van der Waals surface area contributed by atoms with Gasteiger partial charge in [0.2, 0.25) is 0 Å². The quantitative estimate of drug-likeness (QED) is 0.618. The molecule has 8 nitrogen and oxygen atoms in total. The van der Waals surface area contributed by atoms with Crippen molar-refractivity contribution < 1.29 is 4.79 Å². The van der Waals surface area contributed by atoms with Gasteiger partial charge in [-0.1, -0.05) is 0 Å². The maximum absolute atomic E-state index is 11.8. The molecule has 0 aliphatic rings. The maximum atomic E-state index is 11.8. The van der Waals surface area contributed by atoms with Crippen molar-refractivity contribution in [3.63, 3.8) is 0 Å². The topological polar surface area (TPSA) is 116 Å². The lowest BCUT2D eigenvalue weighted by atomic mass is 10.2. The molecule has 3 aromatic rings. The Bertz CT molecular complexity index is 801. The minimum absolute atomic E-state index is 0.145. The normalized spacial score (nSPS) is 10.6. The second-order valence-electron chi connectivity index (χ2n) is 4.06. The minimum Gasteiger partial charge on any atom is -0.345 e. The van der Waals surface area contributed by atoms with Crippen LogP contribution >= 0.6 is 0 Å². The molecule has 0 aliphatic heterocycles. The van der Waals surface area contributed by atoms with Gasteiger partial charge in [0.25, 0.3) is 11.5 Å². The summed E-state index contributed by atoms with van der Waals surface area (Å²) in [4.78, 5) is 32.9. The molecule has 0 aliphatic carbocycles. The third-order valence-corrected chi connectivity index (χ3v) is 2.74. The number of hydrogen-bond acceptors (Lipinski definition) is 5. The Balaban J connectivity index is 1.74. The lowest BCUT2D eigenvalue weighted by Crippen LogP contribution is -2.25. The Kier molecular flexibility index (Phi) is 2.96. The van der Waals surface area contributed by atoms with E-state index in [4.69, 9.17) is 0 Å². The summed E-state index contributed by atoms with van der Waals surface area (Å²) < 4.78 is 0. The molecule has 0 saturated heterocycles. The van der Waals surface area contributed by atoms with Crippen molar-refractivity contribution in [2.24, 2.45) is 0 Å². The summed E-state index contributed by atoms with van der Waals surface area (Å²) in [5.74, 6) is -0.382. The van der Waals surface area contributed by atoms with Gasteiger partial charge < -0.3 is 10.3 Å². The molecule has 20 heavy (non-hydrogen) atoms. The lowest BCUT2D eigenvalue weighted by Gasteiger charge is -2.02. The fourth-order valence-electron chi connectivity index (χ4n) is 1.76. The number of carbonyl (C=O) groups is 1. The van der Waals surface area contributed by atoms with Crippen LogP contribution in [0.5, 0.6) is 0 Å². The first-order chi connectivity index (χ1) is 9.74. The SMILES string of the molecule is O=C(NCc1[nH]nc2ncccc12)c1c[nH]c(=O)cn1. The highest BCUT2D eigenvalue weighted by molar-refractivity contribution is 5.92. The highest BCUT2D eigenvalue weighted by Crippen LogP contribution is 2.12. The molecule has 0 bridgehead atoms. The predicted octanol–water partition coefficient (Wildman–Crippen LogP) is -0.0288. The van der Waals surface area contributed by atoms with Gasteiger partial charge in [0, 0.05) is 17.8 Å². The number of rotatable bonds is 3. The molecule has 0 saturated carbocycles. The molecule has 0 aromatic carbocycles. The predicted molar refractivity (Wildman–Crippen MR) is 69.9 cm³/mol. The minimum atomic E-state index is -0.382. The maximum Gasteiger partial charge on any atom is 0.271 e. The lowest BCUT2D eigenvalue weighted by molar-refractivity contribution is 0.0945. The van der Waals surface area contributed by atoms with Crippen LogP contribution in [0.25, 0.3) is 11.0 Å². The second kappa shape index (κ2) is 4.92. The van der Waals surface area contributed by atoms with E-state index in [9.17, 15) is 9.59 Å². The van der Waals surface area contributed by atoms with E-state index in [0.29, 0.717) is 5.65 Å². The first-order valence-corrected chi connectivity index (χ1v) is 5.85. The van der Waals surface area contributed by atoms with Crippen LogP contribution in [-0.2, 0) is 6.54 Å². The number of hydrogen-bond donors (Lipinski definition) is 3. The van der Waals surface area contributed by atoms with Crippen molar-refractivity contribution in [2.45, 2.75) is 6.54 Å². The second-order valence-corrected chi connectivity index (χ2v) is 4.06. The molecule has 3 rings (SSSR count). The Hall–Kier alpha value is -3.03. The van der Waals surface area contributed by atoms with Crippen molar-refractivity contribution in [2.75, 3.05) is 0 Å². The first kappa shape index (κ1) is 12.0. The molecule has 0 atom stereocenters. The number of aromatic nitrogens is 5. The fourth-order valence-corrected chi connectivity index (χ4v) is 1.76. The van der Waals surface area contributed by atoms with E-state index >= 15 is 0 Å². The zero-order valence-electron chi connectivity index (χ0n) is 10.3. The summed E-state index contributed by atoms with van der Waals surface area (Å²) in [5, 5.41) is 10.4. The Labute approximate surface area is 112 Å². The number of nitrogens with one attached hydrogen (secondary N) is 3. The van der Waals surface area contributed by atoms with E-state index in [2.05, 4.69) is 30.5 Å². The summed E-state index contributed by atoms with van der Waals surface area (Å²) >= 11 is 0. The van der Waals surface area contributed by atoms with Crippen LogP contribution < -0.4 is 10.9 Å². The van der Waals surface area contributed by atoms with Crippen LogP contribution in [-0.4, -0.2) is 31.1 Å². The average molecular weight is 270 g/mol. The van der Waals surface area contributed by atoms with E-state index in [1.165, 1.54) is 6.20 Å². The van der Waals surface area contributed by atoms with Crippen molar-refractivity contribution >= 4 is 16.9 Å². The van der Waals surface area contributed by atoms with E-state index < -0.39 is 0 Å². The van der Waals surface area contributed by atoms with Crippen molar-refractivity contribution in [1.29, 1.82) is 0 Å². The van der Waals surface area contributed by atoms with Crippen molar-refractivity contribution in [1.82, 2.24) is 30.5 Å². The van der Waals surface area contributed by atoms with Gasteiger partial charge >= 0.3 is 0 Å². The summed E-state index contributed by atoms with van der Waals surface area (Å²) in [6.07, 6.45) is 3.98. The molecule has 0 fully saturated rings. The van der Waals surface area contributed by atoms with Gasteiger partial charge in [-0.2, -0.15) is 5.10 Å². The average Bonchev–Trinajstić information content (AvgIpc) is 2.89. The summed E-state index contributed by atoms with van der Waals surface area (Å²) in [7, 11) is 0. The highest BCUT2D eigenvalue weighted by atomic mass is 16.2. The highest BCUT2D eigenvalue weighted by Gasteiger charge is 2.10. The number of nitrogens with zero attached hydrogens (tertiary/aromatic N) is 3. The molecule has 3 aromatic heterocycles. The zero-order valence-corrected chi connectivity index (χ0v) is 10.3. The Morgan fingerprint density at radius 2 is 2.25 bits per heavy atom. The standard InChI is InChI=1S/C12H10N6O2/c19-10-6-14-9(5-15-10)12(20)16-4-8-7-2-1-3-13-11(7)18-17-8/h1-3,5-6H,4H2,(H,15,19)(H,16,20)(H,13,17,18). The van der Waals surface area contributed by atoms with Gasteiger partial charge in [-0.25, -0.2) is 9.97 Å². The van der Waals surface area contributed by atoms with Crippen LogP contribution in [0.4, 0.5) is 0 Å². The van der Waals surface area contributed by atoms with Crippen LogP contribution in [0.3, 0.4) is 0 Å². The summed E-state index contributed by atoms with van der Waals surface area (Å²) in [5.41, 5.74) is 1.14. The fraction of sp³-hybridized carbons (Fsp3) is 0.0833. The summed E-state index contributed by atoms with van der Waals surface area (Å²) in [6, 6.07) is 3.66. The monoisotopic (exact) mass is 270 g/mol. The Morgan fingerprint density at radius 1 is 1.35 bits per heavy atom. The number of fused-ring (bicyclic) bond motifs is 1. The molecule has 0 spiro atoms. The van der Waals surface area contributed by atoms with Crippen LogP contribution in [0.2, 0.25) is 0 Å². The molecular weight excluding hydrogens is 260 g/mol. The molecule has 3 N–H and O–H groups in total. The number of pyridine rings is 1. The largest absolute Gasteiger partial charge is 0.345 e. The van der Waals surface area contributed by atoms with Gasteiger partial charge in [-0.15, -0.1) is 0 Å². The van der Waals surface area contributed by atoms with Crippen molar-refractivity contribution in [3.8, 4) is 0 Å². The van der Waals surface area contributed by atoms with Gasteiger partial charge in [0.05, 0.1) is 18.4 Å².